The summed E-state index contributed by atoms with van der Waals surface area (Å²) in [5.41, 5.74) is 2.36. The standard InChI is InChI=1S/C18H23N5O2/c1-3-4-5-10-25-15-11-13(2)6-7-14(15)12-19-16-8-9-17-20-21-18(24)23(17)22-16/h6-9,11H,3-5,10,12H2,1-2H3,(H,19,22)(H,21,24). The van der Waals surface area contributed by atoms with E-state index in [0.717, 1.165) is 24.3 Å². The van der Waals surface area contributed by atoms with Gasteiger partial charge in [-0.1, -0.05) is 31.9 Å². The largest absolute Gasteiger partial charge is 0.493 e. The average molecular weight is 341 g/mol. The number of nitrogens with zero attached hydrogens (tertiary/aromatic N) is 3. The summed E-state index contributed by atoms with van der Waals surface area (Å²) in [5, 5.41) is 13.7. The molecule has 0 aliphatic heterocycles. The second-order valence-electron chi connectivity index (χ2n) is 6.04. The number of nitrogens with one attached hydrogen (secondary N) is 2. The number of hydrogen-bond donors (Lipinski definition) is 2. The summed E-state index contributed by atoms with van der Waals surface area (Å²) in [6, 6.07) is 9.71. The van der Waals surface area contributed by atoms with E-state index >= 15 is 0 Å². The van der Waals surface area contributed by atoms with Gasteiger partial charge in [0.1, 0.15) is 11.6 Å². The lowest BCUT2D eigenvalue weighted by atomic mass is 10.1. The highest BCUT2D eigenvalue weighted by molar-refractivity contribution is 5.45. The van der Waals surface area contributed by atoms with E-state index in [2.05, 4.69) is 52.7 Å². The van der Waals surface area contributed by atoms with Crippen molar-refractivity contribution in [3.8, 4) is 5.75 Å². The molecule has 25 heavy (non-hydrogen) atoms. The summed E-state index contributed by atoms with van der Waals surface area (Å²) < 4.78 is 7.19. The predicted molar refractivity (Wildman–Crippen MR) is 97.1 cm³/mol. The first-order valence-corrected chi connectivity index (χ1v) is 8.58. The molecule has 0 atom stereocenters. The molecule has 7 heteroatoms. The van der Waals surface area contributed by atoms with Gasteiger partial charge in [-0.2, -0.15) is 9.61 Å². The Hall–Kier alpha value is -2.83. The topological polar surface area (TPSA) is 84.3 Å². The monoisotopic (exact) mass is 341 g/mol. The lowest BCUT2D eigenvalue weighted by molar-refractivity contribution is 0.303. The summed E-state index contributed by atoms with van der Waals surface area (Å²) >= 11 is 0. The molecule has 0 saturated carbocycles. The van der Waals surface area contributed by atoms with E-state index in [9.17, 15) is 4.79 Å². The van der Waals surface area contributed by atoms with Crippen molar-refractivity contribution >= 4 is 11.5 Å². The SMILES string of the molecule is CCCCCOc1cc(C)ccc1CNc1ccc2n[nH]c(=O)n2n1. The number of aromatic amines is 1. The predicted octanol–water partition coefficient (Wildman–Crippen LogP) is 2.91. The van der Waals surface area contributed by atoms with Crippen molar-refractivity contribution in [1.82, 2.24) is 19.8 Å². The second kappa shape index (κ2) is 7.83. The van der Waals surface area contributed by atoms with E-state index in [1.807, 2.05) is 0 Å². The van der Waals surface area contributed by atoms with Crippen LogP contribution in [0.25, 0.3) is 5.65 Å². The van der Waals surface area contributed by atoms with Crippen LogP contribution < -0.4 is 15.7 Å². The third kappa shape index (κ3) is 4.17. The van der Waals surface area contributed by atoms with Crippen molar-refractivity contribution in [3.05, 3.63) is 51.9 Å². The zero-order chi connectivity index (χ0) is 17.6. The normalized spacial score (nSPS) is 11.0. The molecule has 2 N–H and O–H groups in total. The van der Waals surface area contributed by atoms with Crippen molar-refractivity contribution in [2.75, 3.05) is 11.9 Å². The maximum absolute atomic E-state index is 11.6. The highest BCUT2D eigenvalue weighted by Crippen LogP contribution is 2.22. The fraction of sp³-hybridized carbons (Fsp3) is 0.389. The van der Waals surface area contributed by atoms with Crippen molar-refractivity contribution in [1.29, 1.82) is 0 Å². The molecular weight excluding hydrogens is 318 g/mol. The molecule has 132 valence electrons. The summed E-state index contributed by atoms with van der Waals surface area (Å²) in [4.78, 5) is 11.6. The molecular formula is C18H23N5O2. The minimum absolute atomic E-state index is 0.353. The highest BCUT2D eigenvalue weighted by atomic mass is 16.5. The van der Waals surface area contributed by atoms with Crippen LogP contribution in [0.1, 0.15) is 37.3 Å². The lowest BCUT2D eigenvalue weighted by Gasteiger charge is -2.13. The number of aryl methyl sites for hydroxylation is 1. The molecule has 0 fully saturated rings. The Labute approximate surface area is 146 Å². The molecule has 0 spiro atoms. The third-order valence-corrected chi connectivity index (χ3v) is 3.96. The van der Waals surface area contributed by atoms with Crippen molar-refractivity contribution in [2.24, 2.45) is 0 Å². The first kappa shape index (κ1) is 17.0. The van der Waals surface area contributed by atoms with Crippen molar-refractivity contribution in [3.63, 3.8) is 0 Å². The molecule has 0 unspecified atom stereocenters. The summed E-state index contributed by atoms with van der Waals surface area (Å²) in [5.74, 6) is 1.50. The van der Waals surface area contributed by atoms with Crippen LogP contribution in [0.15, 0.2) is 35.1 Å². The zero-order valence-corrected chi connectivity index (χ0v) is 14.6. The Balaban J connectivity index is 1.70. The Morgan fingerprint density at radius 2 is 2.12 bits per heavy atom. The van der Waals surface area contributed by atoms with Gasteiger partial charge in [0.05, 0.1) is 6.61 Å². The van der Waals surface area contributed by atoms with Crippen LogP contribution in [0.2, 0.25) is 0 Å². The molecule has 2 aromatic heterocycles. The van der Waals surface area contributed by atoms with E-state index in [1.54, 1.807) is 12.1 Å². The second-order valence-corrected chi connectivity index (χ2v) is 6.04. The summed E-state index contributed by atoms with van der Waals surface area (Å²) in [6.45, 7) is 5.52. The van der Waals surface area contributed by atoms with Crippen LogP contribution in [-0.2, 0) is 6.54 Å². The fourth-order valence-corrected chi connectivity index (χ4v) is 2.56. The Bertz CT molecular complexity index is 900. The zero-order valence-electron chi connectivity index (χ0n) is 14.6. The van der Waals surface area contributed by atoms with Gasteiger partial charge in [-0.15, -0.1) is 5.10 Å². The number of H-pyrrole nitrogens is 1. The van der Waals surface area contributed by atoms with Gasteiger partial charge in [0.15, 0.2) is 5.65 Å². The van der Waals surface area contributed by atoms with Crippen LogP contribution in [-0.4, -0.2) is 26.4 Å². The number of benzene rings is 1. The highest BCUT2D eigenvalue weighted by Gasteiger charge is 2.07. The molecule has 1 aromatic carbocycles. The molecule has 0 saturated heterocycles. The van der Waals surface area contributed by atoms with Crippen LogP contribution >= 0.6 is 0 Å². The quantitative estimate of drug-likeness (QED) is 0.616. The molecule has 0 amide bonds. The van der Waals surface area contributed by atoms with Crippen LogP contribution in [0.4, 0.5) is 5.82 Å². The van der Waals surface area contributed by atoms with Gasteiger partial charge < -0.3 is 10.1 Å². The Morgan fingerprint density at radius 3 is 2.96 bits per heavy atom. The molecule has 7 nitrogen and oxygen atoms in total. The van der Waals surface area contributed by atoms with Gasteiger partial charge >= 0.3 is 5.69 Å². The minimum Gasteiger partial charge on any atom is -0.493 e. The number of aromatic nitrogens is 4. The maximum Gasteiger partial charge on any atom is 0.364 e. The number of ether oxygens (including phenoxy) is 1. The molecule has 0 radical (unpaired) electrons. The van der Waals surface area contributed by atoms with Gasteiger partial charge in [0.2, 0.25) is 0 Å². The van der Waals surface area contributed by atoms with E-state index < -0.39 is 0 Å². The first-order chi connectivity index (χ1) is 12.2. The molecule has 0 aliphatic carbocycles. The Kier molecular flexibility index (Phi) is 5.33. The Morgan fingerprint density at radius 1 is 1.24 bits per heavy atom. The molecule has 2 heterocycles. The minimum atomic E-state index is -0.353. The van der Waals surface area contributed by atoms with Gasteiger partial charge in [0.25, 0.3) is 0 Å². The number of unbranched alkanes of at least 4 members (excludes halogenated alkanes) is 2. The van der Waals surface area contributed by atoms with E-state index in [-0.39, 0.29) is 5.69 Å². The van der Waals surface area contributed by atoms with Gasteiger partial charge in [-0.25, -0.2) is 9.89 Å². The van der Waals surface area contributed by atoms with Crippen LogP contribution in [0.3, 0.4) is 0 Å². The lowest BCUT2D eigenvalue weighted by Crippen LogP contribution is -2.14. The first-order valence-electron chi connectivity index (χ1n) is 8.58. The molecule has 0 aliphatic rings. The van der Waals surface area contributed by atoms with Crippen molar-refractivity contribution < 1.29 is 4.74 Å². The average Bonchev–Trinajstić information content (AvgIpc) is 2.99. The van der Waals surface area contributed by atoms with E-state index in [0.29, 0.717) is 18.0 Å². The van der Waals surface area contributed by atoms with Crippen LogP contribution in [0, 0.1) is 6.92 Å². The summed E-state index contributed by atoms with van der Waals surface area (Å²) in [6.07, 6.45) is 3.40. The maximum atomic E-state index is 11.6. The molecule has 3 rings (SSSR count). The van der Waals surface area contributed by atoms with E-state index in [1.165, 1.54) is 22.9 Å². The van der Waals surface area contributed by atoms with Gasteiger partial charge in [-0.3, -0.25) is 0 Å². The number of hydrogen-bond acceptors (Lipinski definition) is 5. The number of rotatable bonds is 8. The van der Waals surface area contributed by atoms with Crippen LogP contribution in [0.5, 0.6) is 5.75 Å². The molecule has 0 bridgehead atoms. The fourth-order valence-electron chi connectivity index (χ4n) is 2.56. The van der Waals surface area contributed by atoms with E-state index in [4.69, 9.17) is 4.74 Å². The van der Waals surface area contributed by atoms with Gasteiger partial charge in [-0.05, 0) is 37.1 Å². The third-order valence-electron chi connectivity index (χ3n) is 3.96. The summed E-state index contributed by atoms with van der Waals surface area (Å²) in [7, 11) is 0. The number of fused-ring (bicyclic) bond motifs is 1. The smallest absolute Gasteiger partial charge is 0.364 e. The molecule has 3 aromatic rings. The number of anilines is 1. The van der Waals surface area contributed by atoms with Crippen molar-refractivity contribution in [2.45, 2.75) is 39.7 Å². The van der Waals surface area contributed by atoms with Gasteiger partial charge in [0, 0.05) is 12.1 Å².